The second-order valence-corrected chi connectivity index (χ2v) is 9.23. The summed E-state index contributed by atoms with van der Waals surface area (Å²) in [5.41, 5.74) is 14.4. The maximum atomic E-state index is 7.09. The first kappa shape index (κ1) is 12.6. The third kappa shape index (κ3) is 1.56. The first-order valence-electron chi connectivity index (χ1n) is 8.37. The predicted molar refractivity (Wildman–Crippen MR) is 78.5 cm³/mol. The zero-order valence-corrected chi connectivity index (χ0v) is 12.6. The minimum absolute atomic E-state index is 0.125. The van der Waals surface area contributed by atoms with E-state index in [0.29, 0.717) is 22.7 Å². The molecule has 0 aromatic rings. The molecule has 0 radical (unpaired) electrons. The molecule has 0 spiro atoms. The fourth-order valence-electron chi connectivity index (χ4n) is 7.08. The van der Waals surface area contributed by atoms with Crippen LogP contribution in [0, 0.1) is 34.5 Å². The van der Waals surface area contributed by atoms with E-state index in [2.05, 4.69) is 13.8 Å². The van der Waals surface area contributed by atoms with Crippen molar-refractivity contribution < 1.29 is 0 Å². The van der Waals surface area contributed by atoms with Gasteiger partial charge >= 0.3 is 0 Å². The summed E-state index contributed by atoms with van der Waals surface area (Å²) in [4.78, 5) is 0. The average Bonchev–Trinajstić information content (AvgIpc) is 2.34. The molecule has 0 aromatic carbocycles. The predicted octanol–water partition coefficient (Wildman–Crippen LogP) is 2.91. The highest BCUT2D eigenvalue weighted by Crippen LogP contribution is 2.68. The van der Waals surface area contributed by atoms with Crippen molar-refractivity contribution in [2.75, 3.05) is 6.54 Å². The van der Waals surface area contributed by atoms with Gasteiger partial charge in [-0.25, -0.2) is 0 Å². The number of hydrogen-bond acceptors (Lipinski definition) is 2. The monoisotopic (exact) mass is 262 g/mol. The molecular formula is C17H30N2. The lowest BCUT2D eigenvalue weighted by molar-refractivity contribution is -0.161. The Hall–Kier alpha value is -0.0800. The van der Waals surface area contributed by atoms with Crippen molar-refractivity contribution in [2.24, 2.45) is 46.0 Å². The highest BCUT2D eigenvalue weighted by Gasteiger charge is 2.64. The summed E-state index contributed by atoms with van der Waals surface area (Å²) in [5.74, 6) is 3.10. The van der Waals surface area contributed by atoms with Gasteiger partial charge in [0.05, 0.1) is 0 Å². The molecule has 0 aromatic heterocycles. The van der Waals surface area contributed by atoms with Gasteiger partial charge in [-0.05, 0) is 86.0 Å². The topological polar surface area (TPSA) is 52.0 Å². The van der Waals surface area contributed by atoms with Crippen LogP contribution in [0.4, 0.5) is 0 Å². The van der Waals surface area contributed by atoms with Crippen molar-refractivity contribution in [1.29, 1.82) is 0 Å². The van der Waals surface area contributed by atoms with Crippen LogP contribution in [0.5, 0.6) is 0 Å². The second kappa shape index (κ2) is 3.57. The molecule has 4 rings (SSSR count). The molecule has 19 heavy (non-hydrogen) atoms. The fraction of sp³-hybridized carbons (Fsp3) is 1.00. The lowest BCUT2D eigenvalue weighted by atomic mass is 9.38. The van der Waals surface area contributed by atoms with Gasteiger partial charge < -0.3 is 11.5 Å². The first-order chi connectivity index (χ1) is 8.88. The minimum atomic E-state index is 0.125. The van der Waals surface area contributed by atoms with Gasteiger partial charge in [0, 0.05) is 5.54 Å². The summed E-state index contributed by atoms with van der Waals surface area (Å²) in [6, 6.07) is 0. The van der Waals surface area contributed by atoms with Gasteiger partial charge in [-0.1, -0.05) is 13.8 Å². The molecule has 7 unspecified atom stereocenters. The molecule has 0 aliphatic heterocycles. The van der Waals surface area contributed by atoms with Crippen LogP contribution in [0.3, 0.4) is 0 Å². The molecule has 2 nitrogen and oxygen atoms in total. The number of fused-ring (bicyclic) bond motifs is 2. The van der Waals surface area contributed by atoms with Crippen LogP contribution in [0.1, 0.15) is 58.8 Å². The van der Waals surface area contributed by atoms with Gasteiger partial charge in [0.1, 0.15) is 0 Å². The van der Waals surface area contributed by atoms with Gasteiger partial charge in [-0.3, -0.25) is 0 Å². The summed E-state index contributed by atoms with van der Waals surface area (Å²) in [5, 5.41) is 0. The number of hydrogen-bond donors (Lipinski definition) is 2. The normalized spacial score (nSPS) is 63.2. The Morgan fingerprint density at radius 2 is 1.74 bits per heavy atom. The van der Waals surface area contributed by atoms with Crippen LogP contribution in [0.15, 0.2) is 0 Å². The van der Waals surface area contributed by atoms with Crippen LogP contribution < -0.4 is 11.5 Å². The van der Waals surface area contributed by atoms with Gasteiger partial charge in [0.2, 0.25) is 0 Å². The van der Waals surface area contributed by atoms with Gasteiger partial charge in [0.15, 0.2) is 0 Å². The first-order valence-corrected chi connectivity index (χ1v) is 8.37. The van der Waals surface area contributed by atoms with E-state index >= 15 is 0 Å². The largest absolute Gasteiger partial charge is 0.330 e. The minimum Gasteiger partial charge on any atom is -0.330 e. The molecule has 0 amide bonds. The van der Waals surface area contributed by atoms with Crippen LogP contribution in [0.25, 0.3) is 0 Å². The molecule has 0 heterocycles. The van der Waals surface area contributed by atoms with E-state index < -0.39 is 0 Å². The molecule has 4 bridgehead atoms. The highest BCUT2D eigenvalue weighted by molar-refractivity contribution is 5.18. The summed E-state index contributed by atoms with van der Waals surface area (Å²) >= 11 is 0. The Morgan fingerprint density at radius 3 is 2.47 bits per heavy atom. The summed E-state index contributed by atoms with van der Waals surface area (Å²) in [6.07, 6.45) is 9.67. The van der Waals surface area contributed by atoms with Crippen LogP contribution in [0.2, 0.25) is 0 Å². The van der Waals surface area contributed by atoms with Crippen LogP contribution in [-0.4, -0.2) is 12.1 Å². The molecule has 4 N–H and O–H groups in total. The Bertz CT molecular complexity index is 404. The average molecular weight is 262 g/mol. The number of rotatable bonds is 1. The quantitative estimate of drug-likeness (QED) is 0.763. The SMILES string of the molecule is CC12CCC3CC4(C)CC(CN)C(C1)C(N)(C4)C3C2. The molecule has 4 fully saturated rings. The van der Waals surface area contributed by atoms with E-state index in [9.17, 15) is 0 Å². The standard InChI is InChI=1S/C17H30N2/c1-15-4-3-11-5-16(2)6-12(9-18)14(8-15)17(19,10-16)13(11)7-15/h11-14H,3-10,18-19H2,1-2H3. The van der Waals surface area contributed by atoms with E-state index in [1.165, 1.54) is 44.9 Å². The highest BCUT2D eigenvalue weighted by atomic mass is 14.9. The maximum absolute atomic E-state index is 7.09. The van der Waals surface area contributed by atoms with E-state index in [1.54, 1.807) is 0 Å². The number of nitrogens with two attached hydrogens (primary N) is 2. The lowest BCUT2D eigenvalue weighted by Gasteiger charge is -2.69. The molecule has 4 aliphatic carbocycles. The smallest absolute Gasteiger partial charge is 0.0222 e. The van der Waals surface area contributed by atoms with E-state index in [-0.39, 0.29) is 5.54 Å². The van der Waals surface area contributed by atoms with Gasteiger partial charge in [-0.2, -0.15) is 0 Å². The van der Waals surface area contributed by atoms with Crippen molar-refractivity contribution in [3.63, 3.8) is 0 Å². The summed E-state index contributed by atoms with van der Waals surface area (Å²) in [7, 11) is 0. The Kier molecular flexibility index (Phi) is 2.37. The second-order valence-electron chi connectivity index (χ2n) is 9.23. The van der Waals surface area contributed by atoms with Crippen molar-refractivity contribution in [3.8, 4) is 0 Å². The molecule has 4 saturated carbocycles. The fourth-order valence-corrected chi connectivity index (χ4v) is 7.08. The third-order valence-electron chi connectivity index (χ3n) is 7.61. The van der Waals surface area contributed by atoms with E-state index in [0.717, 1.165) is 18.4 Å². The Balaban J connectivity index is 1.81. The molecule has 108 valence electrons. The Labute approximate surface area is 117 Å². The van der Waals surface area contributed by atoms with Crippen LogP contribution >= 0.6 is 0 Å². The molecular weight excluding hydrogens is 232 g/mol. The van der Waals surface area contributed by atoms with E-state index in [1.807, 2.05) is 0 Å². The molecule has 4 aliphatic rings. The van der Waals surface area contributed by atoms with Gasteiger partial charge in [0.25, 0.3) is 0 Å². The molecule has 2 heteroatoms. The third-order valence-corrected chi connectivity index (χ3v) is 7.61. The molecule has 7 atom stereocenters. The van der Waals surface area contributed by atoms with Crippen molar-refractivity contribution in [1.82, 2.24) is 0 Å². The Morgan fingerprint density at radius 1 is 1.00 bits per heavy atom. The van der Waals surface area contributed by atoms with E-state index in [4.69, 9.17) is 11.5 Å². The van der Waals surface area contributed by atoms with Crippen molar-refractivity contribution in [3.05, 3.63) is 0 Å². The summed E-state index contributed by atoms with van der Waals surface area (Å²) in [6.45, 7) is 5.88. The zero-order chi connectivity index (χ0) is 13.5. The lowest BCUT2D eigenvalue weighted by Crippen LogP contribution is -2.71. The van der Waals surface area contributed by atoms with Crippen LogP contribution in [-0.2, 0) is 0 Å². The molecule has 0 saturated heterocycles. The summed E-state index contributed by atoms with van der Waals surface area (Å²) < 4.78 is 0. The van der Waals surface area contributed by atoms with Crippen molar-refractivity contribution in [2.45, 2.75) is 64.3 Å². The zero-order valence-electron chi connectivity index (χ0n) is 12.6. The maximum Gasteiger partial charge on any atom is 0.0222 e. The van der Waals surface area contributed by atoms with Gasteiger partial charge in [-0.15, -0.1) is 0 Å². The van der Waals surface area contributed by atoms with Crippen molar-refractivity contribution >= 4 is 0 Å².